The van der Waals surface area contributed by atoms with Crippen molar-refractivity contribution < 1.29 is 14.1 Å². The fourth-order valence-corrected chi connectivity index (χ4v) is 2.84. The highest BCUT2D eigenvalue weighted by atomic mass is 35.5. The Morgan fingerprint density at radius 1 is 1.00 bits per heavy atom. The van der Waals surface area contributed by atoms with Crippen molar-refractivity contribution in [3.05, 3.63) is 79.5 Å². The second-order valence-electron chi connectivity index (χ2n) is 5.14. The highest BCUT2D eigenvalue weighted by Gasteiger charge is 2.20. The highest BCUT2D eigenvalue weighted by Crippen LogP contribution is 2.34. The summed E-state index contributed by atoms with van der Waals surface area (Å²) >= 11 is 17.8. The molecule has 0 aliphatic heterocycles. The lowest BCUT2D eigenvalue weighted by Gasteiger charge is -2.07. The van der Waals surface area contributed by atoms with Gasteiger partial charge in [0, 0.05) is 6.07 Å². The molecule has 1 heterocycles. The zero-order valence-electron chi connectivity index (χ0n) is 12.8. The Labute approximate surface area is 162 Å². The Morgan fingerprint density at radius 3 is 2.42 bits per heavy atom. The largest absolute Gasteiger partial charge is 0.451 e. The SMILES string of the molecule is O=C(Nc1cc(Cl)c(Cl)cc1Cl)c1ccc(-c2ccccc2[N+](=O)[O-])o1. The first-order chi connectivity index (χ1) is 12.4. The molecule has 0 unspecified atom stereocenters. The lowest BCUT2D eigenvalue weighted by Crippen LogP contribution is -2.11. The van der Waals surface area contributed by atoms with Crippen molar-refractivity contribution in [1.82, 2.24) is 0 Å². The van der Waals surface area contributed by atoms with Gasteiger partial charge < -0.3 is 9.73 Å². The van der Waals surface area contributed by atoms with Crippen LogP contribution in [0.3, 0.4) is 0 Å². The van der Waals surface area contributed by atoms with Gasteiger partial charge >= 0.3 is 0 Å². The molecule has 0 bridgehead atoms. The van der Waals surface area contributed by atoms with Gasteiger partial charge in [0.2, 0.25) is 0 Å². The first kappa shape index (κ1) is 18.3. The van der Waals surface area contributed by atoms with Crippen LogP contribution < -0.4 is 5.32 Å². The first-order valence-corrected chi connectivity index (χ1v) is 8.29. The van der Waals surface area contributed by atoms with Crippen molar-refractivity contribution in [3.63, 3.8) is 0 Å². The number of hydrogen-bond acceptors (Lipinski definition) is 4. The summed E-state index contributed by atoms with van der Waals surface area (Å²) in [6, 6.07) is 11.8. The molecular weight excluding hydrogens is 403 g/mol. The molecule has 0 aliphatic rings. The van der Waals surface area contributed by atoms with Crippen molar-refractivity contribution in [3.8, 4) is 11.3 Å². The molecule has 0 aliphatic carbocycles. The summed E-state index contributed by atoms with van der Waals surface area (Å²) in [5, 5.41) is 14.4. The topological polar surface area (TPSA) is 85.4 Å². The Kier molecular flexibility index (Phi) is 5.18. The summed E-state index contributed by atoms with van der Waals surface area (Å²) in [6.45, 7) is 0. The maximum Gasteiger partial charge on any atom is 0.291 e. The zero-order valence-corrected chi connectivity index (χ0v) is 15.1. The number of rotatable bonds is 4. The van der Waals surface area contributed by atoms with Gasteiger partial charge in [-0.25, -0.2) is 0 Å². The second-order valence-corrected chi connectivity index (χ2v) is 6.36. The van der Waals surface area contributed by atoms with Crippen LogP contribution in [0.25, 0.3) is 11.3 Å². The molecule has 1 N–H and O–H groups in total. The average molecular weight is 412 g/mol. The summed E-state index contributed by atoms with van der Waals surface area (Å²) in [5.74, 6) is -0.432. The molecule has 0 fully saturated rings. The van der Waals surface area contributed by atoms with Gasteiger partial charge in [-0.2, -0.15) is 0 Å². The number of anilines is 1. The number of furan rings is 1. The van der Waals surface area contributed by atoms with E-state index in [0.717, 1.165) is 0 Å². The molecule has 26 heavy (non-hydrogen) atoms. The monoisotopic (exact) mass is 410 g/mol. The van der Waals surface area contributed by atoms with Crippen LogP contribution in [0.2, 0.25) is 15.1 Å². The third-order valence-corrected chi connectivity index (χ3v) is 4.49. The predicted octanol–water partition coefficient (Wildman–Crippen LogP) is 6.07. The third-order valence-electron chi connectivity index (χ3n) is 3.45. The van der Waals surface area contributed by atoms with Crippen molar-refractivity contribution in [1.29, 1.82) is 0 Å². The van der Waals surface area contributed by atoms with Gasteiger partial charge in [-0.15, -0.1) is 0 Å². The summed E-state index contributed by atoms with van der Waals surface area (Å²) in [5.41, 5.74) is 0.403. The van der Waals surface area contributed by atoms with Gasteiger partial charge in [-0.05, 0) is 30.3 Å². The Balaban J connectivity index is 1.88. The van der Waals surface area contributed by atoms with Gasteiger partial charge in [0.25, 0.3) is 11.6 Å². The average Bonchev–Trinajstić information content (AvgIpc) is 3.09. The Bertz CT molecular complexity index is 1020. The minimum absolute atomic E-state index is 0.0414. The summed E-state index contributed by atoms with van der Waals surface area (Å²) in [4.78, 5) is 23.0. The van der Waals surface area contributed by atoms with Crippen LogP contribution in [0.1, 0.15) is 10.6 Å². The fraction of sp³-hybridized carbons (Fsp3) is 0. The summed E-state index contributed by atoms with van der Waals surface area (Å²) in [7, 11) is 0. The molecular formula is C17H9Cl3N2O4. The van der Waals surface area contributed by atoms with Gasteiger partial charge in [-0.3, -0.25) is 14.9 Å². The minimum atomic E-state index is -0.588. The van der Waals surface area contributed by atoms with E-state index in [1.807, 2.05) is 0 Å². The maximum atomic E-state index is 12.4. The molecule has 0 radical (unpaired) electrons. The van der Waals surface area contributed by atoms with Crippen LogP contribution in [0.15, 0.2) is 52.9 Å². The molecule has 132 valence electrons. The summed E-state index contributed by atoms with van der Waals surface area (Å²) in [6.07, 6.45) is 0. The number of nitrogens with one attached hydrogen (secondary N) is 1. The van der Waals surface area contributed by atoms with Gasteiger partial charge in [0.05, 0.1) is 31.2 Å². The number of nitrogens with zero attached hydrogens (tertiary/aromatic N) is 1. The van der Waals surface area contributed by atoms with E-state index >= 15 is 0 Å². The van der Waals surface area contributed by atoms with E-state index in [-0.39, 0.29) is 43.5 Å². The molecule has 3 rings (SSSR count). The molecule has 1 amide bonds. The smallest absolute Gasteiger partial charge is 0.291 e. The lowest BCUT2D eigenvalue weighted by atomic mass is 10.1. The Hall–Kier alpha value is -2.54. The quantitative estimate of drug-likeness (QED) is 0.321. The van der Waals surface area contributed by atoms with Gasteiger partial charge in [0.1, 0.15) is 5.76 Å². The second kappa shape index (κ2) is 7.37. The van der Waals surface area contributed by atoms with E-state index in [4.69, 9.17) is 39.2 Å². The number of carbonyl (C=O) groups excluding carboxylic acids is 1. The van der Waals surface area contributed by atoms with Crippen molar-refractivity contribution in [2.24, 2.45) is 0 Å². The van der Waals surface area contributed by atoms with E-state index in [1.54, 1.807) is 12.1 Å². The van der Waals surface area contributed by atoms with E-state index in [0.29, 0.717) is 0 Å². The molecule has 0 saturated carbocycles. The van der Waals surface area contributed by atoms with Crippen LogP contribution in [0.4, 0.5) is 11.4 Å². The standard InChI is InChI=1S/C17H9Cl3N2O4/c18-10-7-12(20)13(8-11(10)19)21-17(23)16-6-5-15(26-16)9-3-1-2-4-14(9)22(24)25/h1-8H,(H,21,23). The van der Waals surface area contributed by atoms with Crippen LogP contribution in [-0.4, -0.2) is 10.8 Å². The number of amides is 1. The molecule has 3 aromatic rings. The van der Waals surface area contributed by atoms with E-state index < -0.39 is 10.8 Å². The van der Waals surface area contributed by atoms with Crippen LogP contribution in [0, 0.1) is 10.1 Å². The van der Waals surface area contributed by atoms with Crippen LogP contribution in [0.5, 0.6) is 0 Å². The maximum absolute atomic E-state index is 12.4. The summed E-state index contributed by atoms with van der Waals surface area (Å²) < 4.78 is 5.47. The number of para-hydroxylation sites is 1. The van der Waals surface area contributed by atoms with E-state index in [2.05, 4.69) is 5.32 Å². The van der Waals surface area contributed by atoms with Crippen molar-refractivity contribution >= 4 is 52.1 Å². The normalized spacial score (nSPS) is 10.6. The number of halogens is 3. The van der Waals surface area contributed by atoms with E-state index in [9.17, 15) is 14.9 Å². The first-order valence-electron chi connectivity index (χ1n) is 7.16. The minimum Gasteiger partial charge on any atom is -0.451 e. The molecule has 9 heteroatoms. The Morgan fingerprint density at radius 2 is 1.69 bits per heavy atom. The lowest BCUT2D eigenvalue weighted by molar-refractivity contribution is -0.384. The van der Waals surface area contributed by atoms with Gasteiger partial charge in [-0.1, -0.05) is 46.9 Å². The number of benzene rings is 2. The number of hydrogen-bond donors (Lipinski definition) is 1. The molecule has 0 saturated heterocycles. The molecule has 0 spiro atoms. The number of carbonyl (C=O) groups is 1. The molecule has 0 atom stereocenters. The highest BCUT2D eigenvalue weighted by molar-refractivity contribution is 6.44. The molecule has 2 aromatic carbocycles. The number of nitro benzene ring substituents is 1. The fourth-order valence-electron chi connectivity index (χ4n) is 2.25. The van der Waals surface area contributed by atoms with Gasteiger partial charge in [0.15, 0.2) is 5.76 Å². The molecule has 6 nitrogen and oxygen atoms in total. The number of nitro groups is 1. The van der Waals surface area contributed by atoms with E-state index in [1.165, 1.54) is 36.4 Å². The van der Waals surface area contributed by atoms with Crippen LogP contribution in [-0.2, 0) is 0 Å². The zero-order chi connectivity index (χ0) is 18.8. The predicted molar refractivity (Wildman–Crippen MR) is 100 cm³/mol. The molecule has 1 aromatic heterocycles. The van der Waals surface area contributed by atoms with Crippen LogP contribution >= 0.6 is 34.8 Å². The van der Waals surface area contributed by atoms with Crippen molar-refractivity contribution in [2.75, 3.05) is 5.32 Å². The third kappa shape index (κ3) is 3.67. The van der Waals surface area contributed by atoms with Crippen molar-refractivity contribution in [2.45, 2.75) is 0 Å².